The molecule has 162 valence electrons. The Kier molecular flexibility index (Phi) is 6.92. The third-order valence-electron chi connectivity index (χ3n) is 5.68. The van der Waals surface area contributed by atoms with Gasteiger partial charge in [-0.1, -0.05) is 43.2 Å². The van der Waals surface area contributed by atoms with E-state index in [1.54, 1.807) is 20.3 Å². The maximum absolute atomic E-state index is 12.8. The van der Waals surface area contributed by atoms with Crippen LogP contribution in [0.3, 0.4) is 0 Å². The molecule has 4 rings (SSSR count). The van der Waals surface area contributed by atoms with Crippen LogP contribution in [0.15, 0.2) is 53.7 Å². The lowest BCUT2D eigenvalue weighted by Gasteiger charge is -2.25. The van der Waals surface area contributed by atoms with E-state index in [4.69, 9.17) is 9.47 Å². The number of hydrogen-bond acceptors (Lipinski definition) is 6. The Hall–Kier alpha value is -2.80. The Morgan fingerprint density at radius 1 is 1.00 bits per heavy atom. The van der Waals surface area contributed by atoms with E-state index in [1.165, 1.54) is 31.0 Å². The van der Waals surface area contributed by atoms with Crippen molar-refractivity contribution in [3.63, 3.8) is 0 Å². The Morgan fingerprint density at radius 3 is 2.45 bits per heavy atom. The summed E-state index contributed by atoms with van der Waals surface area (Å²) in [7, 11) is 3.26. The lowest BCUT2D eigenvalue weighted by molar-refractivity contribution is 0.102. The maximum Gasteiger partial charge on any atom is 0.192 e. The molecule has 7 heteroatoms. The van der Waals surface area contributed by atoms with Crippen molar-refractivity contribution in [2.45, 2.75) is 43.3 Å². The molecular weight excluding hydrogens is 410 g/mol. The molecule has 0 unspecified atom stereocenters. The van der Waals surface area contributed by atoms with Crippen LogP contribution in [0.5, 0.6) is 11.5 Å². The number of benzene rings is 2. The van der Waals surface area contributed by atoms with E-state index in [0.717, 1.165) is 35.1 Å². The van der Waals surface area contributed by atoms with Gasteiger partial charge in [-0.15, -0.1) is 10.2 Å². The Bertz CT molecular complexity index is 1030. The zero-order valence-corrected chi connectivity index (χ0v) is 18.7. The molecule has 0 atom stereocenters. The van der Waals surface area contributed by atoms with Gasteiger partial charge in [0.1, 0.15) is 11.5 Å². The van der Waals surface area contributed by atoms with Gasteiger partial charge in [-0.05, 0) is 49.2 Å². The highest BCUT2D eigenvalue weighted by molar-refractivity contribution is 7.99. The zero-order chi connectivity index (χ0) is 21.6. The molecule has 0 aliphatic heterocycles. The van der Waals surface area contributed by atoms with Crippen molar-refractivity contribution in [1.82, 2.24) is 14.8 Å². The van der Waals surface area contributed by atoms with Crippen LogP contribution in [0.25, 0.3) is 11.4 Å². The smallest absolute Gasteiger partial charge is 0.192 e. The van der Waals surface area contributed by atoms with Crippen LogP contribution in [0, 0.1) is 0 Å². The standard InChI is InChI=1S/C24H27N3O3S/c1-29-20-13-11-17(12-14-20)23-25-26-24(27(23)19-8-4-3-5-9-19)31-16-22(28)18-7-6-10-21(15-18)30-2/h6-7,10-15,19H,3-5,8-9,16H2,1-2H3. The molecule has 31 heavy (non-hydrogen) atoms. The van der Waals surface area contributed by atoms with Gasteiger partial charge in [-0.25, -0.2) is 0 Å². The molecule has 6 nitrogen and oxygen atoms in total. The van der Waals surface area contributed by atoms with Gasteiger partial charge in [-0.2, -0.15) is 0 Å². The van der Waals surface area contributed by atoms with Crippen molar-refractivity contribution in [2.75, 3.05) is 20.0 Å². The first-order chi connectivity index (χ1) is 15.2. The minimum Gasteiger partial charge on any atom is -0.497 e. The minimum atomic E-state index is 0.0492. The van der Waals surface area contributed by atoms with Crippen molar-refractivity contribution in [3.05, 3.63) is 54.1 Å². The fourth-order valence-corrected chi connectivity index (χ4v) is 4.89. The summed E-state index contributed by atoms with van der Waals surface area (Å²) >= 11 is 1.45. The highest BCUT2D eigenvalue weighted by Gasteiger charge is 2.24. The Labute approximate surface area is 187 Å². The largest absolute Gasteiger partial charge is 0.497 e. The van der Waals surface area contributed by atoms with E-state index in [2.05, 4.69) is 14.8 Å². The van der Waals surface area contributed by atoms with Crippen molar-refractivity contribution in [1.29, 1.82) is 0 Å². The topological polar surface area (TPSA) is 66.2 Å². The fraction of sp³-hybridized carbons (Fsp3) is 0.375. The molecule has 1 aromatic heterocycles. The summed E-state index contributed by atoms with van der Waals surface area (Å²) in [6.45, 7) is 0. The molecule has 1 saturated carbocycles. The molecule has 1 aliphatic carbocycles. The summed E-state index contributed by atoms with van der Waals surface area (Å²) in [6.07, 6.45) is 5.90. The average molecular weight is 438 g/mol. The fourth-order valence-electron chi connectivity index (χ4n) is 3.99. The number of hydrogen-bond donors (Lipinski definition) is 0. The molecule has 1 fully saturated rings. The van der Waals surface area contributed by atoms with Crippen LogP contribution < -0.4 is 9.47 Å². The number of rotatable bonds is 8. The molecule has 3 aromatic rings. The predicted octanol–water partition coefficient (Wildman–Crippen LogP) is 5.44. The molecule has 0 amide bonds. The van der Waals surface area contributed by atoms with Crippen LogP contribution in [0.2, 0.25) is 0 Å². The molecule has 0 radical (unpaired) electrons. The second-order valence-electron chi connectivity index (χ2n) is 7.64. The van der Waals surface area contributed by atoms with Crippen molar-refractivity contribution < 1.29 is 14.3 Å². The van der Waals surface area contributed by atoms with Gasteiger partial charge < -0.3 is 9.47 Å². The lowest BCUT2D eigenvalue weighted by Crippen LogP contribution is -2.15. The quantitative estimate of drug-likeness (QED) is 0.345. The second-order valence-corrected chi connectivity index (χ2v) is 8.58. The van der Waals surface area contributed by atoms with E-state index in [9.17, 15) is 4.79 Å². The van der Waals surface area contributed by atoms with Crippen molar-refractivity contribution in [2.24, 2.45) is 0 Å². The van der Waals surface area contributed by atoms with Crippen molar-refractivity contribution >= 4 is 17.5 Å². The van der Waals surface area contributed by atoms with Gasteiger partial charge >= 0.3 is 0 Å². The molecule has 1 heterocycles. The summed E-state index contributed by atoms with van der Waals surface area (Å²) in [5, 5.41) is 9.79. The first-order valence-corrected chi connectivity index (χ1v) is 11.6. The van der Waals surface area contributed by atoms with Gasteiger partial charge in [0.2, 0.25) is 0 Å². The molecule has 0 bridgehead atoms. The lowest BCUT2D eigenvalue weighted by atomic mass is 9.95. The van der Waals surface area contributed by atoms with Gasteiger partial charge in [0, 0.05) is 17.2 Å². The Morgan fingerprint density at radius 2 is 1.74 bits per heavy atom. The van der Waals surface area contributed by atoms with Gasteiger partial charge in [0.15, 0.2) is 16.8 Å². The molecule has 1 aliphatic rings. The Balaban J connectivity index is 1.59. The zero-order valence-electron chi connectivity index (χ0n) is 17.9. The highest BCUT2D eigenvalue weighted by Crippen LogP contribution is 2.36. The maximum atomic E-state index is 12.8. The van der Waals surface area contributed by atoms with Crippen LogP contribution in [-0.2, 0) is 0 Å². The highest BCUT2D eigenvalue weighted by atomic mass is 32.2. The number of thioether (sulfide) groups is 1. The van der Waals surface area contributed by atoms with E-state index >= 15 is 0 Å². The van der Waals surface area contributed by atoms with E-state index in [1.807, 2.05) is 42.5 Å². The molecule has 0 spiro atoms. The normalized spacial score (nSPS) is 14.4. The van der Waals surface area contributed by atoms with E-state index in [0.29, 0.717) is 23.1 Å². The summed E-state index contributed by atoms with van der Waals surface area (Å²) in [5.74, 6) is 2.70. The third kappa shape index (κ3) is 4.93. The molecule has 0 saturated heterocycles. The number of methoxy groups -OCH3 is 2. The van der Waals surface area contributed by atoms with Crippen LogP contribution in [0.1, 0.15) is 48.5 Å². The predicted molar refractivity (Wildman–Crippen MR) is 122 cm³/mol. The molecule has 0 N–H and O–H groups in total. The number of aromatic nitrogens is 3. The van der Waals surface area contributed by atoms with Crippen LogP contribution in [-0.4, -0.2) is 40.5 Å². The second kappa shape index (κ2) is 10.0. The number of carbonyl (C=O) groups excluding carboxylic acids is 1. The summed E-state index contributed by atoms with van der Waals surface area (Å²) in [5.41, 5.74) is 1.65. The van der Waals surface area contributed by atoms with Crippen LogP contribution >= 0.6 is 11.8 Å². The van der Waals surface area contributed by atoms with Gasteiger partial charge in [0.25, 0.3) is 0 Å². The monoisotopic (exact) mass is 437 g/mol. The number of ketones is 1. The van der Waals surface area contributed by atoms with Crippen molar-refractivity contribution in [3.8, 4) is 22.9 Å². The summed E-state index contributed by atoms with van der Waals surface area (Å²) in [4.78, 5) is 12.8. The molecule has 2 aromatic carbocycles. The number of ether oxygens (including phenoxy) is 2. The number of carbonyl (C=O) groups is 1. The summed E-state index contributed by atoms with van der Waals surface area (Å²) < 4.78 is 12.8. The first-order valence-electron chi connectivity index (χ1n) is 10.6. The molecular formula is C24H27N3O3S. The third-order valence-corrected chi connectivity index (χ3v) is 6.62. The van der Waals surface area contributed by atoms with Crippen LogP contribution in [0.4, 0.5) is 0 Å². The van der Waals surface area contributed by atoms with E-state index in [-0.39, 0.29) is 5.78 Å². The number of nitrogens with zero attached hydrogens (tertiary/aromatic N) is 3. The van der Waals surface area contributed by atoms with E-state index < -0.39 is 0 Å². The summed E-state index contributed by atoms with van der Waals surface area (Å²) in [6, 6.07) is 15.5. The first kappa shape index (κ1) is 21.4. The SMILES string of the molecule is COc1ccc(-c2nnc(SCC(=O)c3cccc(OC)c3)n2C2CCCCC2)cc1. The average Bonchev–Trinajstić information content (AvgIpc) is 3.27. The van der Waals surface area contributed by atoms with Gasteiger partial charge in [-0.3, -0.25) is 9.36 Å². The number of Topliss-reactive ketones (excluding diaryl/α,β-unsaturated/α-hetero) is 1. The van der Waals surface area contributed by atoms with Gasteiger partial charge in [0.05, 0.1) is 20.0 Å². The minimum absolute atomic E-state index is 0.0492.